The van der Waals surface area contributed by atoms with Gasteiger partial charge in [-0.15, -0.1) is 0 Å². The van der Waals surface area contributed by atoms with Gasteiger partial charge in [0.05, 0.1) is 0 Å². The normalized spacial score (nSPS) is 12.0. The monoisotopic (exact) mass is 616 g/mol. The second-order valence-electron chi connectivity index (χ2n) is 12.7. The highest BCUT2D eigenvalue weighted by Crippen LogP contribution is 2.46. The third kappa shape index (κ3) is 3.93. The predicted octanol–water partition coefficient (Wildman–Crippen LogP) is 13.3. The molecule has 0 aliphatic rings. The van der Waals surface area contributed by atoms with Gasteiger partial charge in [0.15, 0.2) is 0 Å². The summed E-state index contributed by atoms with van der Waals surface area (Å²) in [4.78, 5) is 0. The van der Waals surface area contributed by atoms with Gasteiger partial charge in [0, 0.05) is 5.39 Å². The zero-order valence-electron chi connectivity index (χ0n) is 25.8. The summed E-state index contributed by atoms with van der Waals surface area (Å²) < 4.78 is 28.6. The van der Waals surface area contributed by atoms with Crippen molar-refractivity contribution in [3.05, 3.63) is 169 Å². The highest BCUT2D eigenvalue weighted by Gasteiger charge is 2.19. The predicted molar refractivity (Wildman–Crippen MR) is 199 cm³/mol. The number of rotatable bonds is 3. The molecule has 0 N–H and O–H groups in total. The first-order valence-corrected chi connectivity index (χ1v) is 16.2. The molecule has 0 unspecified atom stereocenters. The molecule has 224 valence electrons. The number of hydrogen-bond acceptors (Lipinski definition) is 0. The van der Waals surface area contributed by atoms with E-state index in [0.29, 0.717) is 5.39 Å². The largest absolute Gasteiger partial charge is 0.207 e. The molecule has 0 heterocycles. The van der Waals surface area contributed by atoms with Crippen molar-refractivity contribution in [3.8, 4) is 33.4 Å². The Morgan fingerprint density at radius 3 is 1.23 bits per heavy atom. The van der Waals surface area contributed by atoms with Gasteiger partial charge in [0.1, 0.15) is 11.6 Å². The minimum absolute atomic E-state index is 0.200. The number of hydrogen-bond donors (Lipinski definition) is 0. The van der Waals surface area contributed by atoms with Crippen molar-refractivity contribution in [2.45, 2.75) is 0 Å². The summed E-state index contributed by atoms with van der Waals surface area (Å²) in [6, 6.07) is 53.2. The first-order valence-electron chi connectivity index (χ1n) is 16.2. The molecule has 0 aromatic heterocycles. The lowest BCUT2D eigenvalue weighted by Crippen LogP contribution is -1.92. The van der Waals surface area contributed by atoms with Crippen LogP contribution in [0.1, 0.15) is 0 Å². The fraction of sp³-hybridized carbons (Fsp3) is 0. The molecule has 0 bridgehead atoms. The molecular formula is C46H26F2. The van der Waals surface area contributed by atoms with Crippen LogP contribution in [0.15, 0.2) is 158 Å². The van der Waals surface area contributed by atoms with Crippen LogP contribution in [0.4, 0.5) is 8.78 Å². The second-order valence-corrected chi connectivity index (χ2v) is 12.7. The Morgan fingerprint density at radius 1 is 0.312 bits per heavy atom. The van der Waals surface area contributed by atoms with Crippen LogP contribution in [0, 0.1) is 11.6 Å². The first-order chi connectivity index (χ1) is 23.6. The molecule has 48 heavy (non-hydrogen) atoms. The lowest BCUT2D eigenvalue weighted by molar-refractivity contribution is 0.628. The molecular weight excluding hydrogens is 591 g/mol. The fourth-order valence-electron chi connectivity index (χ4n) is 8.02. The van der Waals surface area contributed by atoms with Crippen LogP contribution in [-0.4, -0.2) is 0 Å². The van der Waals surface area contributed by atoms with E-state index in [1.807, 2.05) is 42.5 Å². The lowest BCUT2D eigenvalue weighted by atomic mass is 9.84. The number of benzene rings is 10. The van der Waals surface area contributed by atoms with Gasteiger partial charge in [0.2, 0.25) is 0 Å². The van der Waals surface area contributed by atoms with E-state index in [1.54, 1.807) is 6.07 Å². The Balaban J connectivity index is 1.22. The second kappa shape index (κ2) is 10.2. The molecule has 0 fully saturated rings. The average Bonchev–Trinajstić information content (AvgIpc) is 3.13. The van der Waals surface area contributed by atoms with Gasteiger partial charge in [-0.2, -0.15) is 0 Å². The van der Waals surface area contributed by atoms with Crippen molar-refractivity contribution in [1.82, 2.24) is 0 Å². The van der Waals surface area contributed by atoms with Gasteiger partial charge in [-0.25, -0.2) is 8.78 Å². The van der Waals surface area contributed by atoms with Crippen LogP contribution >= 0.6 is 0 Å². The summed E-state index contributed by atoms with van der Waals surface area (Å²) in [5, 5.41) is 13.4. The number of halogens is 2. The van der Waals surface area contributed by atoms with E-state index >= 15 is 0 Å². The van der Waals surface area contributed by atoms with Crippen molar-refractivity contribution in [1.29, 1.82) is 0 Å². The van der Waals surface area contributed by atoms with E-state index in [4.69, 9.17) is 0 Å². The zero-order chi connectivity index (χ0) is 31.9. The van der Waals surface area contributed by atoms with Crippen molar-refractivity contribution in [2.75, 3.05) is 0 Å². The Hall–Kier alpha value is -6.12. The van der Waals surface area contributed by atoms with Crippen molar-refractivity contribution in [2.24, 2.45) is 0 Å². The van der Waals surface area contributed by atoms with Gasteiger partial charge >= 0.3 is 0 Å². The zero-order valence-corrected chi connectivity index (χ0v) is 25.8. The van der Waals surface area contributed by atoms with Crippen molar-refractivity contribution < 1.29 is 8.78 Å². The van der Waals surface area contributed by atoms with E-state index in [2.05, 4.69) is 97.1 Å². The van der Waals surface area contributed by atoms with Crippen LogP contribution in [0.2, 0.25) is 0 Å². The molecule has 0 nitrogen and oxygen atoms in total. The Labute approximate surface area is 275 Å². The summed E-state index contributed by atoms with van der Waals surface area (Å²) in [6.45, 7) is 0. The van der Waals surface area contributed by atoms with Gasteiger partial charge in [-0.3, -0.25) is 0 Å². The summed E-state index contributed by atoms with van der Waals surface area (Å²) in [5.74, 6) is -0.438. The van der Waals surface area contributed by atoms with E-state index in [-0.39, 0.29) is 11.6 Å². The molecule has 0 amide bonds. The molecule has 0 atom stereocenters. The minimum Gasteiger partial charge on any atom is -0.207 e. The maximum absolute atomic E-state index is 14.7. The molecule has 0 saturated heterocycles. The Kier molecular flexibility index (Phi) is 5.74. The van der Waals surface area contributed by atoms with Crippen LogP contribution in [0.5, 0.6) is 0 Å². The van der Waals surface area contributed by atoms with Gasteiger partial charge in [-0.05, 0) is 135 Å². The quantitative estimate of drug-likeness (QED) is 0.137. The summed E-state index contributed by atoms with van der Waals surface area (Å²) in [5.41, 5.74) is 6.59. The number of fused-ring (bicyclic) bond motifs is 3. The molecule has 10 rings (SSSR count). The summed E-state index contributed by atoms with van der Waals surface area (Å²) >= 11 is 0. The topological polar surface area (TPSA) is 0 Å². The average molecular weight is 617 g/mol. The molecule has 0 radical (unpaired) electrons. The van der Waals surface area contributed by atoms with E-state index in [9.17, 15) is 8.78 Å². The molecule has 2 heteroatoms. The fourth-order valence-corrected chi connectivity index (χ4v) is 8.02. The lowest BCUT2D eigenvalue weighted by Gasteiger charge is -2.19. The highest BCUT2D eigenvalue weighted by molar-refractivity contribution is 6.27. The summed E-state index contributed by atoms with van der Waals surface area (Å²) in [6.07, 6.45) is 0. The van der Waals surface area contributed by atoms with Crippen LogP contribution in [0.3, 0.4) is 0 Å². The summed E-state index contributed by atoms with van der Waals surface area (Å²) in [7, 11) is 0. The van der Waals surface area contributed by atoms with Crippen molar-refractivity contribution in [3.63, 3.8) is 0 Å². The van der Waals surface area contributed by atoms with Crippen molar-refractivity contribution >= 4 is 64.6 Å². The highest BCUT2D eigenvalue weighted by atomic mass is 19.1. The molecule has 0 aliphatic heterocycles. The molecule has 10 aromatic rings. The maximum Gasteiger partial charge on any atom is 0.131 e. The Bertz CT molecular complexity index is 2780. The van der Waals surface area contributed by atoms with E-state index in [1.165, 1.54) is 60.8 Å². The molecule has 10 aromatic carbocycles. The third-order valence-electron chi connectivity index (χ3n) is 10.1. The molecule has 0 spiro atoms. The van der Waals surface area contributed by atoms with Crippen LogP contribution in [-0.2, 0) is 0 Å². The smallest absolute Gasteiger partial charge is 0.131 e. The minimum atomic E-state index is -0.238. The third-order valence-corrected chi connectivity index (χ3v) is 10.1. The molecule has 0 aliphatic carbocycles. The van der Waals surface area contributed by atoms with E-state index in [0.717, 1.165) is 44.0 Å². The SMILES string of the molecule is Fc1ccc(-c2c3ccccc3c(-c3cc4ccc5cc(-c6ccc(F)c7ccccc67)cc6ccc(c3)c4c56)c3ccccc23)cc1. The van der Waals surface area contributed by atoms with Gasteiger partial charge in [-0.1, -0.05) is 115 Å². The van der Waals surface area contributed by atoms with Gasteiger partial charge < -0.3 is 0 Å². The van der Waals surface area contributed by atoms with Crippen LogP contribution in [0.25, 0.3) is 98.0 Å². The Morgan fingerprint density at radius 2 is 0.729 bits per heavy atom. The molecule has 0 saturated carbocycles. The standard InChI is InChI=1S/C46H26F2/c47-34-19-17-27(18-20-34)45-38-9-3-5-11-40(38)46(41-12-6-4-10-39(41)45)33-25-30-15-13-28-23-32(24-29-14-16-31(26-33)44(30)43(28)29)35-21-22-42(48)37-8-2-1-7-36(35)37/h1-26H. The van der Waals surface area contributed by atoms with E-state index < -0.39 is 0 Å². The maximum atomic E-state index is 14.7. The van der Waals surface area contributed by atoms with Gasteiger partial charge in [0.25, 0.3) is 0 Å². The first kappa shape index (κ1) is 27.0. The van der Waals surface area contributed by atoms with Crippen LogP contribution < -0.4 is 0 Å².